The first-order valence-corrected chi connectivity index (χ1v) is 9.05. The van der Waals surface area contributed by atoms with E-state index in [2.05, 4.69) is 0 Å². The monoisotopic (exact) mass is 344 g/mol. The number of hydrogen-bond donors (Lipinski definition) is 2. The molecule has 0 aromatic heterocycles. The third-order valence-corrected chi connectivity index (χ3v) is 5.17. The van der Waals surface area contributed by atoms with Crippen LogP contribution in [-0.2, 0) is 20.0 Å². The van der Waals surface area contributed by atoms with E-state index in [4.69, 9.17) is 5.14 Å². The topological polar surface area (TPSA) is 106 Å². The highest BCUT2D eigenvalue weighted by Gasteiger charge is 2.23. The van der Waals surface area contributed by atoms with Crippen LogP contribution in [0.4, 0.5) is 10.1 Å². The Morgan fingerprint density at radius 3 is 2.14 bits per heavy atom. The van der Waals surface area contributed by atoms with Gasteiger partial charge in [0.05, 0.1) is 4.90 Å². The van der Waals surface area contributed by atoms with Gasteiger partial charge in [-0.25, -0.2) is 26.4 Å². The summed E-state index contributed by atoms with van der Waals surface area (Å²) in [5, 5.41) is 4.97. The molecule has 0 spiro atoms. The first-order chi connectivity index (χ1) is 10.1. The number of nitrogens with two attached hydrogens (primary N) is 1. The highest BCUT2D eigenvalue weighted by Crippen LogP contribution is 2.26. The molecule has 3 N–H and O–H groups in total. The van der Waals surface area contributed by atoms with Crippen molar-refractivity contribution in [1.29, 1.82) is 0 Å². The van der Waals surface area contributed by atoms with Gasteiger partial charge in [-0.1, -0.05) is 23.8 Å². The van der Waals surface area contributed by atoms with Crippen LogP contribution in [0.2, 0.25) is 0 Å². The number of halogens is 1. The van der Waals surface area contributed by atoms with E-state index in [0.29, 0.717) is 0 Å². The van der Waals surface area contributed by atoms with Crippen molar-refractivity contribution in [3.63, 3.8) is 0 Å². The van der Waals surface area contributed by atoms with Gasteiger partial charge in [0.2, 0.25) is 10.0 Å². The summed E-state index contributed by atoms with van der Waals surface area (Å²) in [7, 11) is -8.43. The summed E-state index contributed by atoms with van der Waals surface area (Å²) >= 11 is 0. The van der Waals surface area contributed by atoms with Crippen LogP contribution in [0.3, 0.4) is 0 Å². The van der Waals surface area contributed by atoms with Gasteiger partial charge in [0.15, 0.2) is 0 Å². The second-order valence-electron chi connectivity index (χ2n) is 4.58. The molecule has 0 radical (unpaired) electrons. The highest BCUT2D eigenvalue weighted by molar-refractivity contribution is 7.93. The Morgan fingerprint density at radius 1 is 1.00 bits per heavy atom. The average Bonchev–Trinajstić information content (AvgIpc) is 2.40. The smallest absolute Gasteiger partial charge is 0.262 e. The molecule has 0 fully saturated rings. The molecule has 2 rings (SSSR count). The van der Waals surface area contributed by atoms with Gasteiger partial charge in [0, 0.05) is 0 Å². The van der Waals surface area contributed by atoms with Crippen molar-refractivity contribution in [2.75, 3.05) is 4.72 Å². The third kappa shape index (κ3) is 3.43. The SMILES string of the molecule is Cc1ccc(S(=O)(=O)Nc2c(F)cccc2S(N)(=O)=O)cc1. The van der Waals surface area contributed by atoms with Crippen LogP contribution in [-0.4, -0.2) is 16.8 Å². The molecule has 22 heavy (non-hydrogen) atoms. The lowest BCUT2D eigenvalue weighted by atomic mass is 10.2. The van der Waals surface area contributed by atoms with E-state index in [0.717, 1.165) is 23.8 Å². The molecule has 0 unspecified atom stereocenters. The molecule has 6 nitrogen and oxygen atoms in total. The Labute approximate surface area is 127 Å². The van der Waals surface area contributed by atoms with Gasteiger partial charge in [-0.15, -0.1) is 0 Å². The number of nitrogens with one attached hydrogen (secondary N) is 1. The summed E-state index contributed by atoms with van der Waals surface area (Å²) in [4.78, 5) is -0.759. The largest absolute Gasteiger partial charge is 0.275 e. The molecule has 0 aliphatic rings. The molecule has 0 amide bonds. The normalized spacial score (nSPS) is 12.1. The Hall–Kier alpha value is -1.97. The fraction of sp³-hybridized carbons (Fsp3) is 0.0769. The third-order valence-electron chi connectivity index (χ3n) is 2.85. The zero-order chi connectivity index (χ0) is 16.5. The fourth-order valence-corrected chi connectivity index (χ4v) is 3.61. The number of benzene rings is 2. The van der Waals surface area contributed by atoms with E-state index < -0.39 is 36.4 Å². The summed E-state index contributed by atoms with van der Waals surface area (Å²) in [6.45, 7) is 1.78. The number of primary sulfonamides is 1. The van der Waals surface area contributed by atoms with Crippen molar-refractivity contribution in [3.8, 4) is 0 Å². The minimum Gasteiger partial charge on any atom is -0.275 e. The quantitative estimate of drug-likeness (QED) is 0.878. The van der Waals surface area contributed by atoms with Gasteiger partial charge < -0.3 is 0 Å². The van der Waals surface area contributed by atoms with Crippen molar-refractivity contribution >= 4 is 25.7 Å². The molecule has 0 bridgehead atoms. The van der Waals surface area contributed by atoms with Crippen molar-refractivity contribution in [1.82, 2.24) is 0 Å². The maximum absolute atomic E-state index is 13.8. The summed E-state index contributed by atoms with van der Waals surface area (Å²) < 4.78 is 63.1. The van der Waals surface area contributed by atoms with Gasteiger partial charge in [-0.2, -0.15) is 0 Å². The second-order valence-corrected chi connectivity index (χ2v) is 7.79. The Bertz CT molecular complexity index is 908. The van der Waals surface area contributed by atoms with Gasteiger partial charge in [0.1, 0.15) is 16.4 Å². The summed E-state index contributed by atoms with van der Waals surface area (Å²) in [5.41, 5.74) is 0.139. The number of sulfonamides is 2. The van der Waals surface area contributed by atoms with Gasteiger partial charge >= 0.3 is 0 Å². The average molecular weight is 344 g/mol. The molecule has 0 aliphatic carbocycles. The Morgan fingerprint density at radius 2 is 1.59 bits per heavy atom. The Kier molecular flexibility index (Phi) is 4.23. The molecular formula is C13H13FN2O4S2. The van der Waals surface area contributed by atoms with Crippen molar-refractivity contribution < 1.29 is 21.2 Å². The minimum atomic E-state index is -4.28. The first kappa shape index (κ1) is 16.4. The summed E-state index contributed by atoms with van der Waals surface area (Å²) in [6, 6.07) is 8.86. The van der Waals surface area contributed by atoms with Crippen molar-refractivity contribution in [3.05, 3.63) is 53.8 Å². The lowest BCUT2D eigenvalue weighted by molar-refractivity contribution is 0.592. The van der Waals surface area contributed by atoms with Crippen LogP contribution in [0.5, 0.6) is 0 Å². The number of aryl methyl sites for hydroxylation is 1. The van der Waals surface area contributed by atoms with E-state index in [-0.39, 0.29) is 4.90 Å². The van der Waals surface area contributed by atoms with Crippen molar-refractivity contribution in [2.45, 2.75) is 16.7 Å². The van der Waals surface area contributed by atoms with E-state index >= 15 is 0 Å². The summed E-state index contributed by atoms with van der Waals surface area (Å²) in [5.74, 6) is -1.04. The van der Waals surface area contributed by atoms with Crippen LogP contribution in [0.25, 0.3) is 0 Å². The lowest BCUT2D eigenvalue weighted by Gasteiger charge is -2.12. The fourth-order valence-electron chi connectivity index (χ4n) is 1.75. The van der Waals surface area contributed by atoms with Crippen LogP contribution in [0.1, 0.15) is 5.56 Å². The van der Waals surface area contributed by atoms with E-state index in [9.17, 15) is 21.2 Å². The molecule has 0 aliphatic heterocycles. The second kappa shape index (κ2) is 5.67. The number of anilines is 1. The lowest BCUT2D eigenvalue weighted by Crippen LogP contribution is -2.19. The predicted octanol–water partition coefficient (Wildman–Crippen LogP) is 1.58. The van der Waals surface area contributed by atoms with Gasteiger partial charge in [-0.3, -0.25) is 4.72 Å². The zero-order valence-corrected chi connectivity index (χ0v) is 13.1. The molecule has 118 valence electrons. The van der Waals surface area contributed by atoms with E-state index in [1.807, 2.05) is 4.72 Å². The first-order valence-electron chi connectivity index (χ1n) is 6.02. The number of para-hydroxylation sites is 1. The number of rotatable bonds is 4. The van der Waals surface area contributed by atoms with Crippen molar-refractivity contribution in [2.24, 2.45) is 5.14 Å². The van der Waals surface area contributed by atoms with Gasteiger partial charge in [0.25, 0.3) is 10.0 Å². The predicted molar refractivity (Wildman–Crippen MR) is 79.8 cm³/mol. The maximum atomic E-state index is 13.8. The molecule has 0 atom stereocenters. The zero-order valence-electron chi connectivity index (χ0n) is 11.4. The molecule has 0 saturated carbocycles. The molecule has 0 saturated heterocycles. The van der Waals surface area contributed by atoms with Crippen LogP contribution < -0.4 is 9.86 Å². The highest BCUT2D eigenvalue weighted by atomic mass is 32.2. The van der Waals surface area contributed by atoms with Gasteiger partial charge in [-0.05, 0) is 31.2 Å². The summed E-state index contributed by atoms with van der Waals surface area (Å²) in [6.07, 6.45) is 0. The molecular weight excluding hydrogens is 331 g/mol. The van der Waals surface area contributed by atoms with Crippen LogP contribution in [0.15, 0.2) is 52.3 Å². The van der Waals surface area contributed by atoms with E-state index in [1.165, 1.54) is 12.1 Å². The maximum Gasteiger partial charge on any atom is 0.262 e. The number of hydrogen-bond acceptors (Lipinski definition) is 4. The molecule has 2 aromatic carbocycles. The van der Waals surface area contributed by atoms with Crippen LogP contribution >= 0.6 is 0 Å². The molecule has 9 heteroatoms. The Balaban J connectivity index is 2.53. The standard InChI is InChI=1S/C13H13FN2O4S2/c1-9-5-7-10(8-6-9)22(19,20)16-13-11(14)3-2-4-12(13)21(15,17)18/h2-8,16H,1H3,(H2,15,17,18). The molecule has 2 aromatic rings. The van der Waals surface area contributed by atoms with E-state index in [1.54, 1.807) is 19.1 Å². The van der Waals surface area contributed by atoms with Crippen LogP contribution in [0, 0.1) is 12.7 Å². The molecule has 0 heterocycles. The minimum absolute atomic E-state index is 0.123.